The number of hydrogen-bond donors (Lipinski definition) is 2. The van der Waals surface area contributed by atoms with Gasteiger partial charge in [0, 0.05) is 37.5 Å². The van der Waals surface area contributed by atoms with Gasteiger partial charge in [-0.2, -0.15) is 5.10 Å². The number of phenolic OH excluding ortho intramolecular Hbond substituents is 1. The maximum Gasteiger partial charge on any atom is 0.275 e. The molecule has 0 aliphatic carbocycles. The van der Waals surface area contributed by atoms with Gasteiger partial charge < -0.3 is 10.0 Å². The first kappa shape index (κ1) is 18.8. The molecule has 2 N–H and O–H groups in total. The predicted octanol–water partition coefficient (Wildman–Crippen LogP) is 3.28. The van der Waals surface area contributed by atoms with E-state index in [1.807, 2.05) is 24.3 Å². The van der Waals surface area contributed by atoms with E-state index in [2.05, 4.69) is 10.5 Å². The van der Waals surface area contributed by atoms with Gasteiger partial charge in [-0.25, -0.2) is 5.43 Å². The Balaban J connectivity index is 1.85. The highest BCUT2D eigenvalue weighted by atomic mass is 16.6. The van der Waals surface area contributed by atoms with Crippen LogP contribution in [0.1, 0.15) is 15.9 Å². The average molecular weight is 378 g/mol. The van der Waals surface area contributed by atoms with Crippen LogP contribution >= 0.6 is 0 Å². The molecule has 0 saturated carbocycles. The molecule has 0 radical (unpaired) electrons. The molecule has 0 atom stereocenters. The molecule has 0 aliphatic rings. The van der Waals surface area contributed by atoms with Crippen molar-refractivity contribution in [2.45, 2.75) is 0 Å². The molecule has 142 valence electrons. The van der Waals surface area contributed by atoms with Crippen LogP contribution in [0, 0.1) is 10.1 Å². The topological polar surface area (TPSA) is 108 Å². The molecule has 3 aromatic rings. The van der Waals surface area contributed by atoms with E-state index in [-0.39, 0.29) is 17.0 Å². The van der Waals surface area contributed by atoms with Crippen molar-refractivity contribution in [3.8, 4) is 5.75 Å². The summed E-state index contributed by atoms with van der Waals surface area (Å²) in [5, 5.41) is 26.6. The molecule has 8 nitrogen and oxygen atoms in total. The summed E-state index contributed by atoms with van der Waals surface area (Å²) in [5.74, 6) is -0.743. The van der Waals surface area contributed by atoms with Crippen molar-refractivity contribution >= 4 is 34.3 Å². The first-order valence-corrected chi connectivity index (χ1v) is 8.38. The van der Waals surface area contributed by atoms with E-state index in [0.717, 1.165) is 10.8 Å². The van der Waals surface area contributed by atoms with Crippen molar-refractivity contribution in [1.29, 1.82) is 0 Å². The lowest BCUT2D eigenvalue weighted by Crippen LogP contribution is -2.18. The smallest absolute Gasteiger partial charge is 0.275 e. The number of aromatic hydroxyl groups is 1. The number of anilines is 1. The highest BCUT2D eigenvalue weighted by molar-refractivity contribution is 6.02. The Bertz CT molecular complexity index is 1090. The Morgan fingerprint density at radius 3 is 2.46 bits per heavy atom. The van der Waals surface area contributed by atoms with Crippen molar-refractivity contribution in [3.05, 3.63) is 75.8 Å². The third kappa shape index (κ3) is 3.90. The number of rotatable bonds is 5. The number of benzene rings is 3. The van der Waals surface area contributed by atoms with Gasteiger partial charge in [0.1, 0.15) is 5.75 Å². The van der Waals surface area contributed by atoms with Gasteiger partial charge in [-0.3, -0.25) is 14.9 Å². The number of nitrogens with zero attached hydrogens (tertiary/aromatic N) is 3. The van der Waals surface area contributed by atoms with Gasteiger partial charge in [0.25, 0.3) is 11.6 Å². The SMILES string of the molecule is CN(C)c1ccc([N+](=O)[O-])cc1/C=N\NC(=O)c1cc2ccccc2cc1O. The Hall–Kier alpha value is -3.94. The number of amides is 1. The second kappa shape index (κ2) is 7.75. The lowest BCUT2D eigenvalue weighted by Gasteiger charge is -2.14. The molecule has 28 heavy (non-hydrogen) atoms. The highest BCUT2D eigenvalue weighted by Gasteiger charge is 2.13. The zero-order valence-corrected chi connectivity index (χ0v) is 15.3. The van der Waals surface area contributed by atoms with Crippen molar-refractivity contribution in [1.82, 2.24) is 5.43 Å². The fraction of sp³-hybridized carbons (Fsp3) is 0.100. The molecular formula is C20H18N4O4. The van der Waals surface area contributed by atoms with Gasteiger partial charge in [-0.05, 0) is 29.0 Å². The van der Waals surface area contributed by atoms with Crippen LogP contribution in [0.3, 0.4) is 0 Å². The zero-order valence-electron chi connectivity index (χ0n) is 15.3. The van der Waals surface area contributed by atoms with E-state index >= 15 is 0 Å². The standard InChI is InChI=1S/C20H18N4O4/c1-23(2)18-8-7-16(24(27)28)9-15(18)12-21-22-20(26)17-10-13-5-3-4-6-14(13)11-19(17)25/h3-12,25H,1-2H3,(H,22,26)/b21-12-. The van der Waals surface area contributed by atoms with E-state index in [0.29, 0.717) is 11.3 Å². The molecule has 1 amide bonds. The molecule has 0 unspecified atom stereocenters. The number of nitro benzene ring substituents is 1. The van der Waals surface area contributed by atoms with Gasteiger partial charge in [0.05, 0.1) is 16.7 Å². The summed E-state index contributed by atoms with van der Waals surface area (Å²) in [4.78, 5) is 24.7. The molecule has 0 spiro atoms. The van der Waals surface area contributed by atoms with Gasteiger partial charge in [-0.1, -0.05) is 24.3 Å². The number of hydrazone groups is 1. The molecule has 0 heterocycles. The van der Waals surface area contributed by atoms with E-state index in [1.54, 1.807) is 31.1 Å². The third-order valence-electron chi connectivity index (χ3n) is 4.18. The number of nitrogens with one attached hydrogen (secondary N) is 1. The van der Waals surface area contributed by atoms with E-state index < -0.39 is 10.8 Å². The Kier molecular flexibility index (Phi) is 5.21. The molecule has 0 aliphatic heterocycles. The number of carbonyl (C=O) groups excluding carboxylic acids is 1. The lowest BCUT2D eigenvalue weighted by atomic mass is 10.1. The second-order valence-electron chi connectivity index (χ2n) is 6.31. The fourth-order valence-corrected chi connectivity index (χ4v) is 2.80. The summed E-state index contributed by atoms with van der Waals surface area (Å²) >= 11 is 0. The van der Waals surface area contributed by atoms with Crippen LogP contribution in [-0.2, 0) is 0 Å². The summed E-state index contributed by atoms with van der Waals surface area (Å²) in [6, 6.07) is 14.8. The lowest BCUT2D eigenvalue weighted by molar-refractivity contribution is -0.384. The largest absolute Gasteiger partial charge is 0.507 e. The number of fused-ring (bicyclic) bond motifs is 1. The predicted molar refractivity (Wildman–Crippen MR) is 108 cm³/mol. The van der Waals surface area contributed by atoms with Crippen LogP contribution in [0.2, 0.25) is 0 Å². The Labute approximate surface area is 160 Å². The minimum Gasteiger partial charge on any atom is -0.507 e. The van der Waals surface area contributed by atoms with Crippen molar-refractivity contribution < 1.29 is 14.8 Å². The monoisotopic (exact) mass is 378 g/mol. The molecule has 3 rings (SSSR count). The summed E-state index contributed by atoms with van der Waals surface area (Å²) in [6.07, 6.45) is 1.33. The van der Waals surface area contributed by atoms with E-state index in [9.17, 15) is 20.0 Å². The first-order valence-electron chi connectivity index (χ1n) is 8.38. The second-order valence-corrected chi connectivity index (χ2v) is 6.31. The first-order chi connectivity index (χ1) is 13.4. The molecule has 8 heteroatoms. The molecule has 0 saturated heterocycles. The minimum atomic E-state index is -0.587. The molecule has 3 aromatic carbocycles. The number of non-ortho nitro benzene ring substituents is 1. The molecule has 0 aromatic heterocycles. The molecule has 0 bridgehead atoms. The highest BCUT2D eigenvalue weighted by Crippen LogP contribution is 2.25. The Morgan fingerprint density at radius 2 is 1.82 bits per heavy atom. The van der Waals surface area contributed by atoms with Crippen molar-refractivity contribution in [2.75, 3.05) is 19.0 Å². The quantitative estimate of drug-likeness (QED) is 0.402. The van der Waals surface area contributed by atoms with Crippen LogP contribution in [0.4, 0.5) is 11.4 Å². The number of phenols is 1. The van der Waals surface area contributed by atoms with Crippen LogP contribution < -0.4 is 10.3 Å². The van der Waals surface area contributed by atoms with Crippen LogP contribution in [0.25, 0.3) is 10.8 Å². The molecular weight excluding hydrogens is 360 g/mol. The summed E-state index contributed by atoms with van der Waals surface area (Å²) < 4.78 is 0. The van der Waals surface area contributed by atoms with Crippen LogP contribution in [0.15, 0.2) is 59.7 Å². The zero-order chi connectivity index (χ0) is 20.3. The third-order valence-corrected chi connectivity index (χ3v) is 4.18. The normalized spacial score (nSPS) is 10.9. The van der Waals surface area contributed by atoms with Crippen molar-refractivity contribution in [3.63, 3.8) is 0 Å². The number of nitro groups is 1. The number of hydrogen-bond acceptors (Lipinski definition) is 6. The van der Waals surface area contributed by atoms with Crippen LogP contribution in [-0.4, -0.2) is 36.2 Å². The van der Waals surface area contributed by atoms with Crippen LogP contribution in [0.5, 0.6) is 5.75 Å². The summed E-state index contributed by atoms with van der Waals surface area (Å²) in [7, 11) is 3.59. The molecule has 0 fully saturated rings. The van der Waals surface area contributed by atoms with Gasteiger partial charge in [-0.15, -0.1) is 0 Å². The fourth-order valence-electron chi connectivity index (χ4n) is 2.80. The number of carbonyl (C=O) groups is 1. The van der Waals surface area contributed by atoms with E-state index in [4.69, 9.17) is 0 Å². The minimum absolute atomic E-state index is 0.0782. The summed E-state index contributed by atoms with van der Waals surface area (Å²) in [5.41, 5.74) is 3.54. The van der Waals surface area contributed by atoms with Crippen molar-refractivity contribution in [2.24, 2.45) is 5.10 Å². The van der Waals surface area contributed by atoms with Gasteiger partial charge >= 0.3 is 0 Å². The maximum atomic E-state index is 12.4. The maximum absolute atomic E-state index is 12.4. The van der Waals surface area contributed by atoms with Gasteiger partial charge in [0.15, 0.2) is 0 Å². The average Bonchev–Trinajstić information content (AvgIpc) is 2.67. The Morgan fingerprint density at radius 1 is 1.14 bits per heavy atom. The summed E-state index contributed by atoms with van der Waals surface area (Å²) in [6.45, 7) is 0. The van der Waals surface area contributed by atoms with Gasteiger partial charge in [0.2, 0.25) is 0 Å². The van der Waals surface area contributed by atoms with E-state index in [1.165, 1.54) is 24.4 Å².